The zero-order valence-corrected chi connectivity index (χ0v) is 19.1. The van der Waals surface area contributed by atoms with Crippen LogP contribution in [-0.2, 0) is 4.79 Å². The van der Waals surface area contributed by atoms with Crippen molar-refractivity contribution in [1.29, 1.82) is 0 Å². The van der Waals surface area contributed by atoms with Crippen molar-refractivity contribution in [1.82, 2.24) is 25.0 Å². The zero-order chi connectivity index (χ0) is 23.3. The van der Waals surface area contributed by atoms with E-state index in [1.165, 1.54) is 12.1 Å². The van der Waals surface area contributed by atoms with Gasteiger partial charge in [0.2, 0.25) is 5.91 Å². The first-order valence-corrected chi connectivity index (χ1v) is 10.9. The van der Waals surface area contributed by atoms with E-state index in [1.807, 2.05) is 32.0 Å². The van der Waals surface area contributed by atoms with Crippen molar-refractivity contribution in [2.24, 2.45) is 0 Å². The normalized spacial score (nSPS) is 12.9. The minimum atomic E-state index is -0.637. The lowest BCUT2D eigenvalue weighted by atomic mass is 10.2. The molecule has 0 fully saturated rings. The van der Waals surface area contributed by atoms with Gasteiger partial charge in [-0.3, -0.25) is 19.6 Å². The van der Waals surface area contributed by atoms with E-state index in [0.29, 0.717) is 22.4 Å². The first-order chi connectivity index (χ1) is 15.3. The molecular weight excluding hydrogens is 431 g/mol. The van der Waals surface area contributed by atoms with Gasteiger partial charge in [0.1, 0.15) is 5.82 Å². The van der Waals surface area contributed by atoms with Gasteiger partial charge in [0.15, 0.2) is 11.0 Å². The zero-order valence-electron chi connectivity index (χ0n) is 18.2. The van der Waals surface area contributed by atoms with E-state index in [0.717, 1.165) is 11.8 Å². The molecule has 0 aliphatic heterocycles. The number of hydrogen-bond donors (Lipinski definition) is 2. The number of carbonyl (C=O) groups excluding carboxylic acids is 2. The van der Waals surface area contributed by atoms with E-state index in [9.17, 15) is 14.0 Å². The summed E-state index contributed by atoms with van der Waals surface area (Å²) in [6.45, 7) is 3.65. The standard InChI is InChI=1S/C22H25FN6O2S/c1-14(28(3)4)19-26-27-22(29(19)18-12-10-16(23)11-13-18)32-15(2)20(30)25-21(31)24-17-8-6-5-7-9-17/h5-15H,1-4H3,(H2,24,25,30,31)/t14-,15+/m1/s1. The number of amides is 3. The molecule has 0 radical (unpaired) electrons. The van der Waals surface area contributed by atoms with Crippen LogP contribution in [-0.4, -0.2) is 50.9 Å². The van der Waals surface area contributed by atoms with Gasteiger partial charge in [-0.2, -0.15) is 0 Å². The van der Waals surface area contributed by atoms with Gasteiger partial charge in [-0.1, -0.05) is 30.0 Å². The number of thioether (sulfide) groups is 1. The molecule has 8 nitrogen and oxygen atoms in total. The Hall–Kier alpha value is -3.24. The van der Waals surface area contributed by atoms with Crippen molar-refractivity contribution in [3.63, 3.8) is 0 Å². The van der Waals surface area contributed by atoms with Gasteiger partial charge >= 0.3 is 6.03 Å². The predicted molar refractivity (Wildman–Crippen MR) is 122 cm³/mol. The lowest BCUT2D eigenvalue weighted by Gasteiger charge is -2.21. The van der Waals surface area contributed by atoms with Gasteiger partial charge in [0.05, 0.1) is 11.3 Å². The summed E-state index contributed by atoms with van der Waals surface area (Å²) < 4.78 is 15.3. The minimum Gasteiger partial charge on any atom is -0.308 e. The number of carbonyl (C=O) groups is 2. The fraction of sp³-hybridized carbons (Fsp3) is 0.273. The molecule has 2 aromatic carbocycles. The molecule has 1 heterocycles. The number of halogens is 1. The highest BCUT2D eigenvalue weighted by atomic mass is 32.2. The maximum Gasteiger partial charge on any atom is 0.325 e. The number of imide groups is 1. The summed E-state index contributed by atoms with van der Waals surface area (Å²) in [5.74, 6) is -0.173. The third-order valence-electron chi connectivity index (χ3n) is 4.81. The van der Waals surface area contributed by atoms with Gasteiger partial charge in [-0.25, -0.2) is 9.18 Å². The number of hydrogen-bond acceptors (Lipinski definition) is 6. The quantitative estimate of drug-likeness (QED) is 0.525. The monoisotopic (exact) mass is 456 g/mol. The molecule has 3 aromatic rings. The number of aromatic nitrogens is 3. The highest BCUT2D eigenvalue weighted by Crippen LogP contribution is 2.29. The largest absolute Gasteiger partial charge is 0.325 e. The van der Waals surface area contributed by atoms with E-state index < -0.39 is 17.2 Å². The number of anilines is 1. The van der Waals surface area contributed by atoms with Crippen LogP contribution < -0.4 is 10.6 Å². The van der Waals surface area contributed by atoms with Crippen LogP contribution in [0.1, 0.15) is 25.7 Å². The first-order valence-electron chi connectivity index (χ1n) is 9.97. The Morgan fingerprint density at radius 2 is 1.69 bits per heavy atom. The molecule has 0 saturated heterocycles. The topological polar surface area (TPSA) is 92.2 Å². The van der Waals surface area contributed by atoms with Crippen LogP contribution in [0.4, 0.5) is 14.9 Å². The molecule has 3 rings (SSSR count). The third-order valence-corrected chi connectivity index (χ3v) is 5.85. The second-order valence-electron chi connectivity index (χ2n) is 7.36. The fourth-order valence-electron chi connectivity index (χ4n) is 2.80. The molecule has 168 valence electrons. The predicted octanol–water partition coefficient (Wildman–Crippen LogP) is 3.86. The Labute approximate surface area is 190 Å². The Morgan fingerprint density at radius 3 is 2.31 bits per heavy atom. The summed E-state index contributed by atoms with van der Waals surface area (Å²) in [5.41, 5.74) is 1.26. The summed E-state index contributed by atoms with van der Waals surface area (Å²) in [4.78, 5) is 26.7. The SMILES string of the molecule is C[C@H](Sc1nnc([C@@H](C)N(C)C)n1-c1ccc(F)cc1)C(=O)NC(=O)Nc1ccccc1. The Morgan fingerprint density at radius 1 is 1.03 bits per heavy atom. The molecule has 32 heavy (non-hydrogen) atoms. The summed E-state index contributed by atoms with van der Waals surface area (Å²) in [5, 5.41) is 13.4. The van der Waals surface area contributed by atoms with E-state index >= 15 is 0 Å². The Bertz CT molecular complexity index is 1070. The second-order valence-corrected chi connectivity index (χ2v) is 8.67. The molecular formula is C22H25FN6O2S. The van der Waals surface area contributed by atoms with Gasteiger partial charge in [0, 0.05) is 11.4 Å². The van der Waals surface area contributed by atoms with Crippen LogP contribution in [0, 0.1) is 5.82 Å². The number of para-hydroxylation sites is 1. The van der Waals surface area contributed by atoms with Crippen molar-refractivity contribution >= 4 is 29.4 Å². The van der Waals surface area contributed by atoms with Crippen molar-refractivity contribution in [2.75, 3.05) is 19.4 Å². The minimum absolute atomic E-state index is 0.0808. The van der Waals surface area contributed by atoms with Crippen LogP contribution >= 0.6 is 11.8 Å². The van der Waals surface area contributed by atoms with Crippen LogP contribution in [0.2, 0.25) is 0 Å². The summed E-state index contributed by atoms with van der Waals surface area (Å²) >= 11 is 1.16. The van der Waals surface area contributed by atoms with Crippen LogP contribution in [0.3, 0.4) is 0 Å². The lowest BCUT2D eigenvalue weighted by Crippen LogP contribution is -2.39. The van der Waals surface area contributed by atoms with Crippen molar-refractivity contribution < 1.29 is 14.0 Å². The molecule has 0 aliphatic carbocycles. The number of nitrogens with zero attached hydrogens (tertiary/aromatic N) is 4. The van der Waals surface area contributed by atoms with E-state index in [-0.39, 0.29) is 11.9 Å². The third kappa shape index (κ3) is 5.71. The van der Waals surface area contributed by atoms with Gasteiger partial charge in [-0.05, 0) is 64.3 Å². The van der Waals surface area contributed by atoms with Crippen LogP contribution in [0.5, 0.6) is 0 Å². The summed E-state index contributed by atoms with van der Waals surface area (Å²) in [6, 6.07) is 14.1. The Balaban J connectivity index is 1.77. The highest BCUT2D eigenvalue weighted by Gasteiger charge is 2.25. The lowest BCUT2D eigenvalue weighted by molar-refractivity contribution is -0.119. The number of benzene rings is 2. The molecule has 0 spiro atoms. The van der Waals surface area contributed by atoms with Crippen molar-refractivity contribution in [2.45, 2.75) is 30.3 Å². The first kappa shape index (κ1) is 23.4. The van der Waals surface area contributed by atoms with E-state index in [2.05, 4.69) is 20.8 Å². The maximum absolute atomic E-state index is 13.5. The maximum atomic E-state index is 13.5. The summed E-state index contributed by atoms with van der Waals surface area (Å²) in [6.07, 6.45) is 0. The smallest absolute Gasteiger partial charge is 0.308 e. The van der Waals surface area contributed by atoms with Crippen LogP contribution in [0.15, 0.2) is 59.8 Å². The van der Waals surface area contributed by atoms with E-state index in [1.54, 1.807) is 47.9 Å². The van der Waals surface area contributed by atoms with Crippen molar-refractivity contribution in [3.8, 4) is 5.69 Å². The van der Waals surface area contributed by atoms with Gasteiger partial charge in [0.25, 0.3) is 0 Å². The molecule has 0 unspecified atom stereocenters. The Kier molecular flexibility index (Phi) is 7.60. The second kappa shape index (κ2) is 10.4. The van der Waals surface area contributed by atoms with Crippen LogP contribution in [0.25, 0.3) is 5.69 Å². The van der Waals surface area contributed by atoms with Gasteiger partial charge < -0.3 is 5.32 Å². The molecule has 0 saturated carbocycles. The number of urea groups is 1. The molecule has 3 amide bonds. The average Bonchev–Trinajstić information content (AvgIpc) is 3.17. The number of rotatable bonds is 7. The molecule has 10 heteroatoms. The number of nitrogens with one attached hydrogen (secondary N) is 2. The average molecular weight is 457 g/mol. The summed E-state index contributed by atoms with van der Waals surface area (Å²) in [7, 11) is 3.84. The van der Waals surface area contributed by atoms with Crippen molar-refractivity contribution in [3.05, 3.63) is 66.2 Å². The molecule has 1 aromatic heterocycles. The molecule has 2 atom stereocenters. The van der Waals surface area contributed by atoms with Gasteiger partial charge in [-0.15, -0.1) is 10.2 Å². The molecule has 2 N–H and O–H groups in total. The molecule has 0 bridgehead atoms. The highest BCUT2D eigenvalue weighted by molar-refractivity contribution is 8.00. The molecule has 0 aliphatic rings. The van der Waals surface area contributed by atoms with E-state index in [4.69, 9.17) is 0 Å². The fourth-order valence-corrected chi connectivity index (χ4v) is 3.68.